The number of aliphatic hydroxyl groups is 1. The number of hydrogen-bond acceptors (Lipinski definition) is 2. The summed E-state index contributed by atoms with van der Waals surface area (Å²) in [6.45, 7) is 0.351. The van der Waals surface area contributed by atoms with Gasteiger partial charge in [0.2, 0.25) is 0 Å². The molecular weight excluding hydrogens is 260 g/mol. The van der Waals surface area contributed by atoms with E-state index in [2.05, 4.69) is 17.9 Å². The second-order valence-electron chi connectivity index (χ2n) is 5.23. The summed E-state index contributed by atoms with van der Waals surface area (Å²) in [6, 6.07) is 15.8. The maximum absolute atomic E-state index is 10.0. The van der Waals surface area contributed by atoms with Gasteiger partial charge in [-0.3, -0.25) is 0 Å². The lowest BCUT2D eigenvalue weighted by Crippen LogP contribution is -2.09. The van der Waals surface area contributed by atoms with Crippen LogP contribution in [0.15, 0.2) is 48.5 Å². The minimum Gasteiger partial charge on any atom is -0.481 e. The molecule has 1 atom stereocenters. The Balaban J connectivity index is 1.64. The zero-order valence-corrected chi connectivity index (χ0v) is 11.9. The van der Waals surface area contributed by atoms with Gasteiger partial charge in [-0.1, -0.05) is 36.1 Å². The molecule has 2 nitrogen and oxygen atoms in total. The lowest BCUT2D eigenvalue weighted by atomic mass is 9.89. The summed E-state index contributed by atoms with van der Waals surface area (Å²) in [4.78, 5) is 0. The number of aryl methyl sites for hydroxylation is 1. The Kier molecular flexibility index (Phi) is 4.23. The van der Waals surface area contributed by atoms with Crippen LogP contribution in [0.25, 0.3) is 0 Å². The maximum Gasteiger partial charge on any atom is 0.149 e. The van der Waals surface area contributed by atoms with Gasteiger partial charge < -0.3 is 9.84 Å². The van der Waals surface area contributed by atoms with Crippen molar-refractivity contribution in [1.29, 1.82) is 0 Å². The fraction of sp³-hybridized carbons (Fsp3) is 0.263. The molecule has 0 saturated heterocycles. The highest BCUT2D eigenvalue weighted by Gasteiger charge is 2.18. The molecule has 0 saturated carbocycles. The van der Waals surface area contributed by atoms with Gasteiger partial charge in [-0.05, 0) is 54.7 Å². The minimum absolute atomic E-state index is 0.351. The molecule has 0 fully saturated rings. The van der Waals surface area contributed by atoms with Crippen LogP contribution in [0.1, 0.15) is 35.6 Å². The van der Waals surface area contributed by atoms with Crippen molar-refractivity contribution < 1.29 is 9.84 Å². The van der Waals surface area contributed by atoms with E-state index in [1.54, 1.807) is 0 Å². The molecule has 2 aromatic carbocycles. The van der Waals surface area contributed by atoms with Gasteiger partial charge in [0, 0.05) is 5.56 Å². The van der Waals surface area contributed by atoms with Gasteiger partial charge in [0.15, 0.2) is 0 Å². The predicted octanol–water partition coefficient (Wildman–Crippen LogP) is 3.49. The fourth-order valence-electron chi connectivity index (χ4n) is 2.62. The fourth-order valence-corrected chi connectivity index (χ4v) is 2.62. The van der Waals surface area contributed by atoms with E-state index < -0.39 is 0 Å². The van der Waals surface area contributed by atoms with Gasteiger partial charge in [0.1, 0.15) is 12.4 Å². The van der Waals surface area contributed by atoms with Crippen LogP contribution in [-0.4, -0.2) is 11.7 Å². The Morgan fingerprint density at radius 1 is 1.14 bits per heavy atom. The van der Waals surface area contributed by atoms with E-state index in [4.69, 9.17) is 4.74 Å². The molecule has 0 amide bonds. The van der Waals surface area contributed by atoms with Gasteiger partial charge in [0.25, 0.3) is 0 Å². The van der Waals surface area contributed by atoms with Crippen molar-refractivity contribution in [1.82, 2.24) is 0 Å². The maximum atomic E-state index is 10.0. The highest BCUT2D eigenvalue weighted by Crippen LogP contribution is 2.32. The second-order valence-corrected chi connectivity index (χ2v) is 5.23. The summed E-state index contributed by atoms with van der Waals surface area (Å²) < 4.78 is 5.66. The van der Waals surface area contributed by atoms with Crippen molar-refractivity contribution in [3.05, 3.63) is 65.2 Å². The first-order valence-electron chi connectivity index (χ1n) is 7.30. The molecule has 2 aromatic rings. The third kappa shape index (κ3) is 3.45. The molecule has 1 aliphatic carbocycles. The third-order valence-corrected chi connectivity index (χ3v) is 3.72. The first kappa shape index (κ1) is 13.7. The first-order chi connectivity index (χ1) is 10.3. The Morgan fingerprint density at radius 2 is 2.00 bits per heavy atom. The zero-order valence-electron chi connectivity index (χ0n) is 11.9. The molecule has 21 heavy (non-hydrogen) atoms. The first-order valence-corrected chi connectivity index (χ1v) is 7.30. The summed E-state index contributed by atoms with van der Waals surface area (Å²) >= 11 is 0. The summed E-state index contributed by atoms with van der Waals surface area (Å²) in [5, 5.41) is 10.0. The molecule has 1 aliphatic rings. The SMILES string of the molecule is O[C@@H]1CCCc2ccc(OCC#Cc3ccccc3)cc21. The van der Waals surface area contributed by atoms with Crippen LogP contribution in [0.5, 0.6) is 5.75 Å². The molecular formula is C19H18O2. The molecule has 0 heterocycles. The molecule has 0 unspecified atom stereocenters. The second kappa shape index (κ2) is 6.47. The number of aliphatic hydroxyl groups excluding tert-OH is 1. The van der Waals surface area contributed by atoms with Crippen molar-refractivity contribution in [3.8, 4) is 17.6 Å². The minimum atomic E-state index is -0.354. The van der Waals surface area contributed by atoms with E-state index in [1.807, 2.05) is 42.5 Å². The van der Waals surface area contributed by atoms with Crippen molar-refractivity contribution in [3.63, 3.8) is 0 Å². The number of benzene rings is 2. The third-order valence-electron chi connectivity index (χ3n) is 3.72. The Labute approximate surface area is 125 Å². The molecule has 106 valence electrons. The normalized spacial score (nSPS) is 16.5. The number of hydrogen-bond donors (Lipinski definition) is 1. The van der Waals surface area contributed by atoms with E-state index in [1.165, 1.54) is 5.56 Å². The van der Waals surface area contributed by atoms with Crippen LogP contribution in [0, 0.1) is 11.8 Å². The smallest absolute Gasteiger partial charge is 0.149 e. The van der Waals surface area contributed by atoms with Gasteiger partial charge in [-0.25, -0.2) is 0 Å². The highest BCUT2D eigenvalue weighted by atomic mass is 16.5. The summed E-state index contributed by atoms with van der Waals surface area (Å²) in [5.74, 6) is 6.84. The molecule has 0 spiro atoms. The quantitative estimate of drug-likeness (QED) is 0.852. The lowest BCUT2D eigenvalue weighted by molar-refractivity contribution is 0.156. The predicted molar refractivity (Wildman–Crippen MR) is 83.2 cm³/mol. The average molecular weight is 278 g/mol. The van der Waals surface area contributed by atoms with E-state index in [0.717, 1.165) is 36.1 Å². The van der Waals surface area contributed by atoms with Crippen molar-refractivity contribution in [2.45, 2.75) is 25.4 Å². The van der Waals surface area contributed by atoms with Gasteiger partial charge in [-0.15, -0.1) is 0 Å². The van der Waals surface area contributed by atoms with Crippen LogP contribution >= 0.6 is 0 Å². The van der Waals surface area contributed by atoms with Gasteiger partial charge >= 0.3 is 0 Å². The van der Waals surface area contributed by atoms with Crippen LogP contribution in [0.4, 0.5) is 0 Å². The number of fused-ring (bicyclic) bond motifs is 1. The summed E-state index contributed by atoms with van der Waals surface area (Å²) in [5.41, 5.74) is 3.23. The molecule has 3 rings (SSSR count). The van der Waals surface area contributed by atoms with E-state index in [0.29, 0.717) is 6.61 Å². The molecule has 0 aliphatic heterocycles. The molecule has 0 bridgehead atoms. The topological polar surface area (TPSA) is 29.5 Å². The molecule has 1 N–H and O–H groups in total. The average Bonchev–Trinajstić information content (AvgIpc) is 2.53. The number of ether oxygens (including phenoxy) is 1. The van der Waals surface area contributed by atoms with Crippen LogP contribution < -0.4 is 4.74 Å². The highest BCUT2D eigenvalue weighted by molar-refractivity contribution is 5.39. The van der Waals surface area contributed by atoms with E-state index in [9.17, 15) is 5.11 Å². The largest absolute Gasteiger partial charge is 0.481 e. The lowest BCUT2D eigenvalue weighted by Gasteiger charge is -2.21. The van der Waals surface area contributed by atoms with Crippen molar-refractivity contribution >= 4 is 0 Å². The summed E-state index contributed by atoms with van der Waals surface area (Å²) in [7, 11) is 0. The van der Waals surface area contributed by atoms with E-state index >= 15 is 0 Å². The van der Waals surface area contributed by atoms with Crippen LogP contribution in [0.3, 0.4) is 0 Å². The van der Waals surface area contributed by atoms with Gasteiger partial charge in [-0.2, -0.15) is 0 Å². The Hall–Kier alpha value is -2.24. The van der Waals surface area contributed by atoms with E-state index in [-0.39, 0.29) is 6.10 Å². The van der Waals surface area contributed by atoms with Gasteiger partial charge in [0.05, 0.1) is 6.10 Å². The Bertz CT molecular complexity index is 665. The molecule has 0 radical (unpaired) electrons. The Morgan fingerprint density at radius 3 is 2.86 bits per heavy atom. The molecule has 0 aromatic heterocycles. The van der Waals surface area contributed by atoms with Crippen molar-refractivity contribution in [2.24, 2.45) is 0 Å². The van der Waals surface area contributed by atoms with Crippen LogP contribution in [0.2, 0.25) is 0 Å². The van der Waals surface area contributed by atoms with Crippen LogP contribution in [-0.2, 0) is 6.42 Å². The summed E-state index contributed by atoms with van der Waals surface area (Å²) in [6.07, 6.45) is 2.58. The number of rotatable bonds is 2. The standard InChI is InChI=1S/C19H18O2/c20-19-10-4-9-16-11-12-17(14-18(16)19)21-13-5-8-15-6-2-1-3-7-15/h1-3,6-7,11-12,14,19-20H,4,9-10,13H2/t19-/m1/s1. The molecule has 2 heteroatoms. The zero-order chi connectivity index (χ0) is 14.5. The van der Waals surface area contributed by atoms with Crippen molar-refractivity contribution in [2.75, 3.05) is 6.61 Å². The monoisotopic (exact) mass is 278 g/mol.